The molecule has 1 saturated heterocycles. The number of carbonyl (C=O) groups is 2. The highest BCUT2D eigenvalue weighted by Gasteiger charge is 2.32. The first-order chi connectivity index (χ1) is 10.0. The van der Waals surface area contributed by atoms with E-state index in [9.17, 15) is 14.7 Å². The topological polar surface area (TPSA) is 66.8 Å². The standard InChI is InChI=1S/C15H18BrNO4/c1-21-13-6-5-11(16)8-10(13)9-14(18)17-7-3-2-4-12(17)15(19)20/h5-6,8,12H,2-4,7,9H2,1H3,(H,19,20). The molecule has 0 radical (unpaired) electrons. The van der Waals surface area contributed by atoms with Gasteiger partial charge >= 0.3 is 5.97 Å². The number of hydrogen-bond acceptors (Lipinski definition) is 3. The summed E-state index contributed by atoms with van der Waals surface area (Å²) in [7, 11) is 1.55. The van der Waals surface area contributed by atoms with Crippen molar-refractivity contribution in [2.24, 2.45) is 0 Å². The minimum absolute atomic E-state index is 0.145. The summed E-state index contributed by atoms with van der Waals surface area (Å²) in [5, 5.41) is 9.24. The quantitative estimate of drug-likeness (QED) is 0.900. The van der Waals surface area contributed by atoms with Crippen LogP contribution >= 0.6 is 15.9 Å². The number of piperidine rings is 1. The number of aliphatic carboxylic acids is 1. The average molecular weight is 356 g/mol. The Morgan fingerprint density at radius 3 is 2.86 bits per heavy atom. The smallest absolute Gasteiger partial charge is 0.326 e. The van der Waals surface area contributed by atoms with Crippen LogP contribution in [0, 0.1) is 0 Å². The third-order valence-corrected chi connectivity index (χ3v) is 4.19. The molecule has 0 saturated carbocycles. The molecule has 1 unspecified atom stereocenters. The molecule has 5 nitrogen and oxygen atoms in total. The maximum Gasteiger partial charge on any atom is 0.326 e. The van der Waals surface area contributed by atoms with Crippen molar-refractivity contribution < 1.29 is 19.4 Å². The largest absolute Gasteiger partial charge is 0.496 e. The molecular formula is C15H18BrNO4. The minimum atomic E-state index is -0.927. The van der Waals surface area contributed by atoms with Crippen molar-refractivity contribution >= 4 is 27.8 Å². The normalized spacial score (nSPS) is 18.4. The van der Waals surface area contributed by atoms with Gasteiger partial charge < -0.3 is 14.7 Å². The van der Waals surface area contributed by atoms with E-state index in [-0.39, 0.29) is 12.3 Å². The Kier molecular flexibility index (Phi) is 5.22. The highest BCUT2D eigenvalue weighted by molar-refractivity contribution is 9.10. The van der Waals surface area contributed by atoms with E-state index in [4.69, 9.17) is 4.74 Å². The fourth-order valence-electron chi connectivity index (χ4n) is 2.64. The van der Waals surface area contributed by atoms with Gasteiger partial charge in [-0.05, 0) is 37.5 Å². The van der Waals surface area contributed by atoms with Gasteiger partial charge in [0, 0.05) is 16.6 Å². The van der Waals surface area contributed by atoms with Crippen LogP contribution in [0.5, 0.6) is 5.75 Å². The van der Waals surface area contributed by atoms with Gasteiger partial charge in [0.1, 0.15) is 11.8 Å². The van der Waals surface area contributed by atoms with Gasteiger partial charge in [0.05, 0.1) is 13.5 Å². The Labute approximate surface area is 132 Å². The Balaban J connectivity index is 2.16. The summed E-state index contributed by atoms with van der Waals surface area (Å²) < 4.78 is 6.12. The van der Waals surface area contributed by atoms with Crippen LogP contribution in [0.15, 0.2) is 22.7 Å². The molecule has 1 fully saturated rings. The number of ether oxygens (including phenoxy) is 1. The number of benzene rings is 1. The van der Waals surface area contributed by atoms with Gasteiger partial charge in [0.15, 0.2) is 0 Å². The van der Waals surface area contributed by atoms with Gasteiger partial charge in [0.2, 0.25) is 5.91 Å². The minimum Gasteiger partial charge on any atom is -0.496 e. The number of carbonyl (C=O) groups excluding carboxylic acids is 1. The maximum absolute atomic E-state index is 12.5. The van der Waals surface area contributed by atoms with Gasteiger partial charge in [-0.15, -0.1) is 0 Å². The lowest BCUT2D eigenvalue weighted by Gasteiger charge is -2.33. The van der Waals surface area contributed by atoms with Crippen molar-refractivity contribution in [1.29, 1.82) is 0 Å². The van der Waals surface area contributed by atoms with Gasteiger partial charge in [-0.25, -0.2) is 4.79 Å². The predicted molar refractivity (Wildman–Crippen MR) is 81.4 cm³/mol. The van der Waals surface area contributed by atoms with Crippen molar-refractivity contribution in [3.8, 4) is 5.75 Å². The van der Waals surface area contributed by atoms with Crippen LogP contribution in [0.3, 0.4) is 0 Å². The molecule has 21 heavy (non-hydrogen) atoms. The second kappa shape index (κ2) is 6.93. The molecule has 1 N–H and O–H groups in total. The average Bonchev–Trinajstić information content (AvgIpc) is 2.47. The second-order valence-electron chi connectivity index (χ2n) is 5.07. The first-order valence-electron chi connectivity index (χ1n) is 6.87. The van der Waals surface area contributed by atoms with E-state index >= 15 is 0 Å². The Morgan fingerprint density at radius 1 is 1.43 bits per heavy atom. The molecule has 1 aliphatic heterocycles. The van der Waals surface area contributed by atoms with Crippen molar-refractivity contribution in [2.75, 3.05) is 13.7 Å². The zero-order valence-corrected chi connectivity index (χ0v) is 13.4. The second-order valence-corrected chi connectivity index (χ2v) is 5.99. The summed E-state index contributed by atoms with van der Waals surface area (Å²) in [5.41, 5.74) is 0.756. The molecule has 2 rings (SSSR count). The number of methoxy groups -OCH3 is 1. The molecule has 0 aromatic heterocycles. The van der Waals surface area contributed by atoms with E-state index in [1.54, 1.807) is 13.2 Å². The van der Waals surface area contributed by atoms with Crippen LogP contribution in [-0.2, 0) is 16.0 Å². The van der Waals surface area contributed by atoms with Crippen LogP contribution in [0.25, 0.3) is 0 Å². The third kappa shape index (κ3) is 3.75. The zero-order valence-electron chi connectivity index (χ0n) is 11.8. The summed E-state index contributed by atoms with van der Waals surface area (Å²) in [6, 6.07) is 4.76. The van der Waals surface area contributed by atoms with E-state index in [2.05, 4.69) is 15.9 Å². The van der Waals surface area contributed by atoms with E-state index < -0.39 is 12.0 Å². The monoisotopic (exact) mass is 355 g/mol. The Hall–Kier alpha value is -1.56. The molecule has 114 valence electrons. The fraction of sp³-hybridized carbons (Fsp3) is 0.467. The zero-order chi connectivity index (χ0) is 15.4. The molecule has 0 aliphatic carbocycles. The van der Waals surface area contributed by atoms with Crippen molar-refractivity contribution in [3.63, 3.8) is 0 Å². The molecule has 1 aromatic rings. The van der Waals surface area contributed by atoms with Crippen LogP contribution in [0.4, 0.5) is 0 Å². The number of rotatable bonds is 4. The first kappa shape index (κ1) is 15.8. The molecule has 0 bridgehead atoms. The summed E-state index contributed by atoms with van der Waals surface area (Å²) in [6.07, 6.45) is 2.37. The molecule has 1 amide bonds. The summed E-state index contributed by atoms with van der Waals surface area (Å²) in [6.45, 7) is 0.506. The van der Waals surface area contributed by atoms with Gasteiger partial charge in [-0.1, -0.05) is 15.9 Å². The fourth-order valence-corrected chi connectivity index (χ4v) is 3.05. The van der Waals surface area contributed by atoms with E-state index in [1.807, 2.05) is 12.1 Å². The van der Waals surface area contributed by atoms with Gasteiger partial charge in [0.25, 0.3) is 0 Å². The lowest BCUT2D eigenvalue weighted by molar-refractivity contribution is -0.151. The third-order valence-electron chi connectivity index (χ3n) is 3.69. The van der Waals surface area contributed by atoms with E-state index in [0.717, 1.165) is 22.9 Å². The van der Waals surface area contributed by atoms with Gasteiger partial charge in [-0.2, -0.15) is 0 Å². The van der Waals surface area contributed by atoms with Crippen LogP contribution in [-0.4, -0.2) is 41.6 Å². The summed E-state index contributed by atoms with van der Waals surface area (Å²) in [5.74, 6) is -0.460. The number of hydrogen-bond donors (Lipinski definition) is 1. The molecule has 1 atom stereocenters. The number of carboxylic acids is 1. The van der Waals surface area contributed by atoms with Crippen LogP contribution < -0.4 is 4.74 Å². The van der Waals surface area contributed by atoms with Crippen LogP contribution in [0.2, 0.25) is 0 Å². The predicted octanol–water partition coefficient (Wildman–Crippen LogP) is 2.47. The maximum atomic E-state index is 12.5. The number of nitrogens with zero attached hydrogens (tertiary/aromatic N) is 1. The molecule has 6 heteroatoms. The Bertz CT molecular complexity index is 546. The SMILES string of the molecule is COc1ccc(Br)cc1CC(=O)N1CCCCC1C(=O)O. The first-order valence-corrected chi connectivity index (χ1v) is 7.67. The van der Waals surface area contributed by atoms with Crippen molar-refractivity contribution in [3.05, 3.63) is 28.2 Å². The summed E-state index contributed by atoms with van der Waals surface area (Å²) >= 11 is 3.37. The number of carboxylic acid groups (broad SMARTS) is 1. The Morgan fingerprint density at radius 2 is 2.19 bits per heavy atom. The molecule has 1 aromatic carbocycles. The highest BCUT2D eigenvalue weighted by atomic mass is 79.9. The van der Waals surface area contributed by atoms with Crippen molar-refractivity contribution in [2.45, 2.75) is 31.7 Å². The molecule has 0 spiro atoms. The lowest BCUT2D eigenvalue weighted by atomic mass is 10.0. The lowest BCUT2D eigenvalue weighted by Crippen LogP contribution is -2.48. The molecular weight excluding hydrogens is 338 g/mol. The molecule has 1 aliphatic rings. The van der Waals surface area contributed by atoms with Gasteiger partial charge in [-0.3, -0.25) is 4.79 Å². The number of likely N-dealkylation sites (tertiary alicyclic amines) is 1. The van der Waals surface area contributed by atoms with Crippen LogP contribution in [0.1, 0.15) is 24.8 Å². The number of amides is 1. The van der Waals surface area contributed by atoms with E-state index in [1.165, 1.54) is 4.90 Å². The summed E-state index contributed by atoms with van der Waals surface area (Å²) in [4.78, 5) is 25.2. The van der Waals surface area contributed by atoms with Crippen molar-refractivity contribution in [1.82, 2.24) is 4.90 Å². The molecule has 1 heterocycles. The number of halogens is 1. The van der Waals surface area contributed by atoms with E-state index in [0.29, 0.717) is 18.7 Å². The highest BCUT2D eigenvalue weighted by Crippen LogP contribution is 2.25.